The Labute approximate surface area is 150 Å². The highest BCUT2D eigenvalue weighted by Crippen LogP contribution is 2.30. The number of hydrogen-bond donors (Lipinski definition) is 0. The lowest BCUT2D eigenvalue weighted by molar-refractivity contribution is -0.132. The average Bonchev–Trinajstić information content (AvgIpc) is 3.14. The van der Waals surface area contributed by atoms with E-state index in [1.165, 1.54) is 12.0 Å². The van der Waals surface area contributed by atoms with Crippen molar-refractivity contribution in [2.24, 2.45) is 0 Å². The van der Waals surface area contributed by atoms with Crippen LogP contribution in [0.15, 0.2) is 54.7 Å². The van der Waals surface area contributed by atoms with E-state index in [2.05, 4.69) is 28.1 Å². The Balaban J connectivity index is 1.55. The van der Waals surface area contributed by atoms with E-state index in [9.17, 15) is 4.79 Å². The van der Waals surface area contributed by atoms with Crippen LogP contribution in [0.3, 0.4) is 0 Å². The molecule has 25 heavy (non-hydrogen) atoms. The predicted molar refractivity (Wildman–Crippen MR) is 99.9 cm³/mol. The van der Waals surface area contributed by atoms with Crippen LogP contribution in [0, 0.1) is 0 Å². The maximum Gasteiger partial charge on any atom is 0.224 e. The van der Waals surface area contributed by atoms with Crippen LogP contribution in [0.2, 0.25) is 0 Å². The van der Waals surface area contributed by atoms with Crippen molar-refractivity contribution in [2.45, 2.75) is 38.8 Å². The van der Waals surface area contributed by atoms with Crippen LogP contribution in [0.25, 0.3) is 0 Å². The van der Waals surface area contributed by atoms with Gasteiger partial charge >= 0.3 is 0 Å². The molecule has 0 bridgehead atoms. The first-order chi connectivity index (χ1) is 12.3. The highest BCUT2D eigenvalue weighted by Gasteiger charge is 2.27. The van der Waals surface area contributed by atoms with Gasteiger partial charge in [-0.3, -0.25) is 14.7 Å². The standard InChI is InChI=1S/C21H27N3O/c1-2-23(17-18-9-4-3-5-10-18)21(25)13-16-24-15-8-12-20(24)19-11-6-7-14-22-19/h3-7,9-11,14,20H,2,8,12-13,15-17H2,1H3/t20-/m0/s1. The Morgan fingerprint density at radius 2 is 2.00 bits per heavy atom. The third kappa shape index (κ3) is 4.67. The van der Waals surface area contributed by atoms with Crippen molar-refractivity contribution in [2.75, 3.05) is 19.6 Å². The van der Waals surface area contributed by atoms with Gasteiger partial charge in [0.05, 0.1) is 11.7 Å². The van der Waals surface area contributed by atoms with Gasteiger partial charge in [-0.15, -0.1) is 0 Å². The fraction of sp³-hybridized carbons (Fsp3) is 0.429. The molecule has 4 nitrogen and oxygen atoms in total. The van der Waals surface area contributed by atoms with Crippen molar-refractivity contribution in [1.29, 1.82) is 0 Å². The van der Waals surface area contributed by atoms with Crippen molar-refractivity contribution in [3.63, 3.8) is 0 Å². The molecule has 0 unspecified atom stereocenters. The zero-order valence-corrected chi connectivity index (χ0v) is 15.0. The number of benzene rings is 1. The van der Waals surface area contributed by atoms with Crippen molar-refractivity contribution in [1.82, 2.24) is 14.8 Å². The molecule has 0 saturated carbocycles. The fourth-order valence-electron chi connectivity index (χ4n) is 3.58. The molecule has 132 valence electrons. The predicted octanol–water partition coefficient (Wildman–Crippen LogP) is 3.66. The van der Waals surface area contributed by atoms with Gasteiger partial charge in [0.15, 0.2) is 0 Å². The second-order valence-electron chi connectivity index (χ2n) is 6.59. The molecule has 1 fully saturated rings. The maximum absolute atomic E-state index is 12.7. The first-order valence-corrected chi connectivity index (χ1v) is 9.24. The van der Waals surface area contributed by atoms with Crippen LogP contribution in [-0.2, 0) is 11.3 Å². The summed E-state index contributed by atoms with van der Waals surface area (Å²) in [6, 6.07) is 16.7. The molecule has 1 aliphatic rings. The van der Waals surface area contributed by atoms with Crippen LogP contribution in [0.4, 0.5) is 0 Å². The molecule has 2 heterocycles. The third-order valence-electron chi connectivity index (χ3n) is 4.96. The first-order valence-electron chi connectivity index (χ1n) is 9.24. The van der Waals surface area contributed by atoms with Gasteiger partial charge in [-0.2, -0.15) is 0 Å². The highest BCUT2D eigenvalue weighted by molar-refractivity contribution is 5.76. The van der Waals surface area contributed by atoms with Gasteiger partial charge < -0.3 is 4.90 Å². The molecule has 1 atom stereocenters. The van der Waals surface area contributed by atoms with E-state index in [0.717, 1.165) is 31.7 Å². The second kappa shape index (κ2) is 8.77. The third-order valence-corrected chi connectivity index (χ3v) is 4.96. The molecule has 2 aromatic rings. The number of pyridine rings is 1. The van der Waals surface area contributed by atoms with E-state index in [1.54, 1.807) is 0 Å². The normalized spacial score (nSPS) is 17.6. The number of rotatable bonds is 7. The van der Waals surface area contributed by atoms with Gasteiger partial charge in [-0.05, 0) is 44.0 Å². The summed E-state index contributed by atoms with van der Waals surface area (Å²) in [5, 5.41) is 0. The lowest BCUT2D eigenvalue weighted by Gasteiger charge is -2.26. The van der Waals surface area contributed by atoms with Crippen molar-refractivity contribution >= 4 is 5.91 Å². The van der Waals surface area contributed by atoms with Gasteiger partial charge in [-0.1, -0.05) is 36.4 Å². The fourth-order valence-corrected chi connectivity index (χ4v) is 3.58. The van der Waals surface area contributed by atoms with Crippen molar-refractivity contribution < 1.29 is 4.79 Å². The minimum atomic E-state index is 0.234. The number of carbonyl (C=O) groups is 1. The number of amides is 1. The lowest BCUT2D eigenvalue weighted by atomic mass is 10.1. The molecule has 0 spiro atoms. The number of likely N-dealkylation sites (tertiary alicyclic amines) is 1. The molecule has 1 amide bonds. The molecule has 0 N–H and O–H groups in total. The van der Waals surface area contributed by atoms with Crippen LogP contribution >= 0.6 is 0 Å². The molecule has 0 radical (unpaired) electrons. The highest BCUT2D eigenvalue weighted by atomic mass is 16.2. The Morgan fingerprint density at radius 3 is 2.72 bits per heavy atom. The van der Waals surface area contributed by atoms with E-state index in [-0.39, 0.29) is 5.91 Å². The summed E-state index contributed by atoms with van der Waals surface area (Å²) < 4.78 is 0. The SMILES string of the molecule is CCN(Cc1ccccc1)C(=O)CCN1CCC[C@H]1c1ccccn1. The summed E-state index contributed by atoms with van der Waals surface area (Å²) in [4.78, 5) is 21.5. The van der Waals surface area contributed by atoms with Crippen LogP contribution in [0.5, 0.6) is 0 Å². The zero-order chi connectivity index (χ0) is 17.5. The molecule has 1 saturated heterocycles. The Kier molecular flexibility index (Phi) is 6.18. The monoisotopic (exact) mass is 337 g/mol. The molecule has 1 aliphatic heterocycles. The van der Waals surface area contributed by atoms with E-state index in [0.29, 0.717) is 19.0 Å². The van der Waals surface area contributed by atoms with E-state index < -0.39 is 0 Å². The van der Waals surface area contributed by atoms with Crippen LogP contribution in [-0.4, -0.2) is 40.3 Å². The van der Waals surface area contributed by atoms with Gasteiger partial charge in [0.25, 0.3) is 0 Å². The number of carbonyl (C=O) groups excluding carboxylic acids is 1. The van der Waals surface area contributed by atoms with E-state index in [4.69, 9.17) is 0 Å². The maximum atomic E-state index is 12.7. The second-order valence-corrected chi connectivity index (χ2v) is 6.59. The summed E-state index contributed by atoms with van der Waals surface area (Å²) in [6.45, 7) is 5.36. The summed E-state index contributed by atoms with van der Waals surface area (Å²) in [7, 11) is 0. The quantitative estimate of drug-likeness (QED) is 0.774. The minimum Gasteiger partial charge on any atom is -0.339 e. The first kappa shape index (κ1) is 17.6. The van der Waals surface area contributed by atoms with Crippen LogP contribution < -0.4 is 0 Å². The lowest BCUT2D eigenvalue weighted by Crippen LogP contribution is -2.34. The van der Waals surface area contributed by atoms with Gasteiger partial charge in [-0.25, -0.2) is 0 Å². The molecular formula is C21H27N3O. The summed E-state index contributed by atoms with van der Waals surface area (Å²) in [6.07, 6.45) is 4.74. The molecule has 4 heteroatoms. The molecular weight excluding hydrogens is 310 g/mol. The molecule has 1 aromatic heterocycles. The Morgan fingerprint density at radius 1 is 1.20 bits per heavy atom. The summed E-state index contributed by atoms with van der Waals surface area (Å²) >= 11 is 0. The minimum absolute atomic E-state index is 0.234. The largest absolute Gasteiger partial charge is 0.339 e. The van der Waals surface area contributed by atoms with E-state index >= 15 is 0 Å². The Bertz CT molecular complexity index is 659. The number of nitrogens with zero attached hydrogens (tertiary/aromatic N) is 3. The smallest absolute Gasteiger partial charge is 0.224 e. The number of aromatic nitrogens is 1. The zero-order valence-electron chi connectivity index (χ0n) is 15.0. The Hall–Kier alpha value is -2.20. The average molecular weight is 337 g/mol. The topological polar surface area (TPSA) is 36.4 Å². The van der Waals surface area contributed by atoms with Gasteiger partial charge in [0, 0.05) is 32.3 Å². The van der Waals surface area contributed by atoms with Gasteiger partial charge in [0.1, 0.15) is 0 Å². The molecule has 3 rings (SSSR count). The molecule has 1 aromatic carbocycles. The van der Waals surface area contributed by atoms with E-state index in [1.807, 2.05) is 48.4 Å². The summed E-state index contributed by atoms with van der Waals surface area (Å²) in [5.74, 6) is 0.234. The summed E-state index contributed by atoms with van der Waals surface area (Å²) in [5.41, 5.74) is 2.31. The number of hydrogen-bond acceptors (Lipinski definition) is 3. The molecule has 0 aliphatic carbocycles. The van der Waals surface area contributed by atoms with Gasteiger partial charge in [0.2, 0.25) is 5.91 Å². The van der Waals surface area contributed by atoms with Crippen molar-refractivity contribution in [3.05, 3.63) is 66.0 Å². The van der Waals surface area contributed by atoms with Crippen molar-refractivity contribution in [3.8, 4) is 0 Å². The van der Waals surface area contributed by atoms with Crippen LogP contribution in [0.1, 0.15) is 43.5 Å².